The van der Waals surface area contributed by atoms with Crippen molar-refractivity contribution in [3.63, 3.8) is 0 Å². The van der Waals surface area contributed by atoms with Crippen LogP contribution in [0.2, 0.25) is 0 Å². The molecule has 1 heterocycles. The largest absolute Gasteiger partial charge is 0.358 e. The SMILES string of the molecule is CCC(CN)NC(=O)c1ccc2[nH]c(C)c(C)c2c1. The topological polar surface area (TPSA) is 70.9 Å². The van der Waals surface area contributed by atoms with Crippen molar-refractivity contribution in [2.24, 2.45) is 5.73 Å². The number of nitrogens with two attached hydrogens (primary N) is 1. The predicted molar refractivity (Wildman–Crippen MR) is 78.4 cm³/mol. The Hall–Kier alpha value is -1.81. The molecular weight excluding hydrogens is 238 g/mol. The number of aromatic amines is 1. The van der Waals surface area contributed by atoms with E-state index in [1.807, 2.05) is 32.0 Å². The van der Waals surface area contributed by atoms with Gasteiger partial charge in [0.25, 0.3) is 5.91 Å². The van der Waals surface area contributed by atoms with Gasteiger partial charge in [-0.1, -0.05) is 6.92 Å². The Morgan fingerprint density at radius 1 is 1.42 bits per heavy atom. The number of carbonyl (C=O) groups is 1. The maximum Gasteiger partial charge on any atom is 0.251 e. The van der Waals surface area contributed by atoms with E-state index in [2.05, 4.69) is 17.2 Å². The summed E-state index contributed by atoms with van der Waals surface area (Å²) in [5, 5.41) is 4.05. The van der Waals surface area contributed by atoms with Gasteiger partial charge in [-0.2, -0.15) is 0 Å². The molecule has 1 unspecified atom stereocenters. The van der Waals surface area contributed by atoms with Crippen molar-refractivity contribution in [1.29, 1.82) is 0 Å². The molecule has 4 N–H and O–H groups in total. The second-order valence-corrected chi connectivity index (χ2v) is 4.95. The zero-order valence-corrected chi connectivity index (χ0v) is 11.7. The van der Waals surface area contributed by atoms with E-state index >= 15 is 0 Å². The average Bonchev–Trinajstić information content (AvgIpc) is 2.71. The molecular formula is C15H21N3O. The molecule has 1 amide bonds. The lowest BCUT2D eigenvalue weighted by atomic mass is 10.1. The number of amides is 1. The highest BCUT2D eigenvalue weighted by molar-refractivity contribution is 5.99. The molecule has 4 heteroatoms. The fourth-order valence-corrected chi connectivity index (χ4v) is 2.20. The lowest BCUT2D eigenvalue weighted by molar-refractivity contribution is 0.0937. The molecule has 0 aliphatic heterocycles. The van der Waals surface area contributed by atoms with Gasteiger partial charge in [-0.25, -0.2) is 0 Å². The number of hydrogen-bond acceptors (Lipinski definition) is 2. The van der Waals surface area contributed by atoms with E-state index in [0.29, 0.717) is 12.1 Å². The van der Waals surface area contributed by atoms with E-state index in [1.54, 1.807) is 0 Å². The Morgan fingerprint density at radius 2 is 2.16 bits per heavy atom. The lowest BCUT2D eigenvalue weighted by Gasteiger charge is -2.14. The summed E-state index contributed by atoms with van der Waals surface area (Å²) in [5.74, 6) is -0.0579. The summed E-state index contributed by atoms with van der Waals surface area (Å²) >= 11 is 0. The van der Waals surface area contributed by atoms with Crippen LogP contribution in [0.25, 0.3) is 10.9 Å². The van der Waals surface area contributed by atoms with E-state index in [4.69, 9.17) is 5.73 Å². The standard InChI is InChI=1S/C15H21N3O/c1-4-12(8-16)18-15(19)11-5-6-14-13(7-11)9(2)10(3)17-14/h5-7,12,17H,4,8,16H2,1-3H3,(H,18,19). The van der Waals surface area contributed by atoms with Crippen molar-refractivity contribution in [2.45, 2.75) is 33.2 Å². The van der Waals surface area contributed by atoms with Crippen LogP contribution in [-0.2, 0) is 0 Å². The lowest BCUT2D eigenvalue weighted by Crippen LogP contribution is -2.39. The van der Waals surface area contributed by atoms with Crippen molar-refractivity contribution in [3.8, 4) is 0 Å². The van der Waals surface area contributed by atoms with Gasteiger partial charge in [-0.05, 0) is 44.0 Å². The number of aromatic nitrogens is 1. The van der Waals surface area contributed by atoms with Crippen LogP contribution >= 0.6 is 0 Å². The number of aryl methyl sites for hydroxylation is 2. The minimum Gasteiger partial charge on any atom is -0.358 e. The molecule has 0 fully saturated rings. The Balaban J connectivity index is 2.30. The Kier molecular flexibility index (Phi) is 3.90. The summed E-state index contributed by atoms with van der Waals surface area (Å²) in [4.78, 5) is 15.5. The Morgan fingerprint density at radius 3 is 2.79 bits per heavy atom. The maximum absolute atomic E-state index is 12.2. The second-order valence-electron chi connectivity index (χ2n) is 4.95. The van der Waals surface area contributed by atoms with Gasteiger partial charge in [0.05, 0.1) is 0 Å². The molecule has 19 heavy (non-hydrogen) atoms. The van der Waals surface area contributed by atoms with E-state index in [0.717, 1.165) is 23.0 Å². The highest BCUT2D eigenvalue weighted by atomic mass is 16.1. The van der Waals surface area contributed by atoms with Gasteiger partial charge >= 0.3 is 0 Å². The third-order valence-electron chi connectivity index (χ3n) is 3.68. The predicted octanol–water partition coefficient (Wildman–Crippen LogP) is 2.25. The Labute approximate surface area is 113 Å². The van der Waals surface area contributed by atoms with Crippen LogP contribution in [0.4, 0.5) is 0 Å². The maximum atomic E-state index is 12.2. The zero-order valence-electron chi connectivity index (χ0n) is 11.7. The van der Waals surface area contributed by atoms with Crippen molar-refractivity contribution in [3.05, 3.63) is 35.0 Å². The van der Waals surface area contributed by atoms with Crippen molar-refractivity contribution < 1.29 is 4.79 Å². The van der Waals surface area contributed by atoms with Gasteiger partial charge in [0.15, 0.2) is 0 Å². The van der Waals surface area contributed by atoms with Crippen LogP contribution in [0, 0.1) is 13.8 Å². The summed E-state index contributed by atoms with van der Waals surface area (Å²) < 4.78 is 0. The number of H-pyrrole nitrogens is 1. The summed E-state index contributed by atoms with van der Waals surface area (Å²) in [7, 11) is 0. The molecule has 0 bridgehead atoms. The van der Waals surface area contributed by atoms with E-state index in [9.17, 15) is 4.79 Å². The number of rotatable bonds is 4. The molecule has 0 aliphatic rings. The number of carbonyl (C=O) groups excluding carboxylic acids is 1. The molecule has 0 radical (unpaired) electrons. The van der Waals surface area contributed by atoms with Crippen LogP contribution in [0.15, 0.2) is 18.2 Å². The van der Waals surface area contributed by atoms with E-state index in [1.165, 1.54) is 5.56 Å². The highest BCUT2D eigenvalue weighted by Crippen LogP contribution is 2.22. The molecule has 2 rings (SSSR count). The molecule has 102 valence electrons. The first-order valence-electron chi connectivity index (χ1n) is 6.66. The van der Waals surface area contributed by atoms with Gasteiger partial charge < -0.3 is 16.0 Å². The number of fused-ring (bicyclic) bond motifs is 1. The average molecular weight is 259 g/mol. The molecule has 1 atom stereocenters. The van der Waals surface area contributed by atoms with Crippen LogP contribution < -0.4 is 11.1 Å². The number of nitrogens with one attached hydrogen (secondary N) is 2. The molecule has 0 saturated heterocycles. The van der Waals surface area contributed by atoms with Crippen molar-refractivity contribution in [2.75, 3.05) is 6.54 Å². The fourth-order valence-electron chi connectivity index (χ4n) is 2.20. The third-order valence-corrected chi connectivity index (χ3v) is 3.68. The van der Waals surface area contributed by atoms with Crippen molar-refractivity contribution >= 4 is 16.8 Å². The van der Waals surface area contributed by atoms with Crippen LogP contribution in [0.1, 0.15) is 35.0 Å². The smallest absolute Gasteiger partial charge is 0.251 e. The van der Waals surface area contributed by atoms with Crippen LogP contribution in [-0.4, -0.2) is 23.5 Å². The number of benzene rings is 1. The molecule has 1 aromatic heterocycles. The van der Waals surface area contributed by atoms with Gasteiger partial charge in [0.2, 0.25) is 0 Å². The monoisotopic (exact) mass is 259 g/mol. The first-order chi connectivity index (χ1) is 9.06. The Bertz CT molecular complexity index is 597. The van der Waals surface area contributed by atoms with Gasteiger partial charge in [0.1, 0.15) is 0 Å². The van der Waals surface area contributed by atoms with Crippen molar-refractivity contribution in [1.82, 2.24) is 10.3 Å². The number of hydrogen-bond donors (Lipinski definition) is 3. The highest BCUT2D eigenvalue weighted by Gasteiger charge is 2.12. The summed E-state index contributed by atoms with van der Waals surface area (Å²) in [5.41, 5.74) is 9.69. The molecule has 0 aliphatic carbocycles. The van der Waals surface area contributed by atoms with Crippen LogP contribution in [0.3, 0.4) is 0 Å². The van der Waals surface area contributed by atoms with Gasteiger partial charge in [-0.3, -0.25) is 4.79 Å². The molecule has 0 spiro atoms. The first-order valence-corrected chi connectivity index (χ1v) is 6.66. The molecule has 1 aromatic carbocycles. The summed E-state index contributed by atoms with van der Waals surface area (Å²) in [6.45, 7) is 6.58. The van der Waals surface area contributed by atoms with E-state index in [-0.39, 0.29) is 11.9 Å². The minimum absolute atomic E-state index is 0.0391. The second kappa shape index (κ2) is 5.45. The summed E-state index contributed by atoms with van der Waals surface area (Å²) in [6.07, 6.45) is 0.840. The van der Waals surface area contributed by atoms with E-state index < -0.39 is 0 Å². The first kappa shape index (κ1) is 13.6. The van der Waals surface area contributed by atoms with Gasteiger partial charge in [0, 0.05) is 34.7 Å². The fraction of sp³-hybridized carbons (Fsp3) is 0.400. The van der Waals surface area contributed by atoms with Crippen LogP contribution in [0.5, 0.6) is 0 Å². The van der Waals surface area contributed by atoms with Gasteiger partial charge in [-0.15, -0.1) is 0 Å². The zero-order chi connectivity index (χ0) is 14.0. The molecule has 0 saturated carbocycles. The quantitative estimate of drug-likeness (QED) is 0.788. The molecule has 2 aromatic rings. The molecule has 4 nitrogen and oxygen atoms in total. The summed E-state index contributed by atoms with van der Waals surface area (Å²) in [6, 6.07) is 5.77. The normalized spacial score (nSPS) is 12.6. The minimum atomic E-state index is -0.0579. The third kappa shape index (κ3) is 2.63.